The second kappa shape index (κ2) is 10.4. The number of hydrogen-bond acceptors (Lipinski definition) is 5. The fourth-order valence-electron chi connectivity index (χ4n) is 2.82. The number of alkyl halides is 6. The zero-order chi connectivity index (χ0) is 23.1. The van der Waals surface area contributed by atoms with Crippen molar-refractivity contribution in [1.29, 1.82) is 0 Å². The smallest absolute Gasteiger partial charge is 0.431 e. The van der Waals surface area contributed by atoms with Crippen LogP contribution in [0.4, 0.5) is 31.1 Å². The van der Waals surface area contributed by atoms with Crippen molar-refractivity contribution >= 4 is 12.0 Å². The second-order valence-corrected chi connectivity index (χ2v) is 6.77. The van der Waals surface area contributed by atoms with E-state index in [-0.39, 0.29) is 6.04 Å². The van der Waals surface area contributed by atoms with Crippen molar-refractivity contribution in [3.05, 3.63) is 23.8 Å². The molecule has 2 amide bonds. The van der Waals surface area contributed by atoms with Crippen LogP contribution >= 0.6 is 0 Å². The molecule has 0 aromatic heterocycles. The summed E-state index contributed by atoms with van der Waals surface area (Å²) in [7, 11) is 0. The van der Waals surface area contributed by atoms with Crippen LogP contribution in [0.2, 0.25) is 0 Å². The summed E-state index contributed by atoms with van der Waals surface area (Å²) in [5.41, 5.74) is 1.12. The Morgan fingerprint density at radius 3 is 2.16 bits per heavy atom. The van der Waals surface area contributed by atoms with Gasteiger partial charge in [-0.25, -0.2) is 4.79 Å². The molecule has 2 rings (SSSR count). The van der Waals surface area contributed by atoms with Gasteiger partial charge in [0.25, 0.3) is 5.91 Å². The minimum atomic E-state index is -4.73. The van der Waals surface area contributed by atoms with E-state index in [1.165, 1.54) is 0 Å². The van der Waals surface area contributed by atoms with Gasteiger partial charge >= 0.3 is 18.4 Å². The molecule has 0 spiro atoms. The molecule has 1 aliphatic carbocycles. The van der Waals surface area contributed by atoms with Gasteiger partial charge in [-0.2, -0.15) is 31.8 Å². The molecule has 1 aromatic carbocycles. The monoisotopic (exact) mass is 458 g/mol. The normalized spacial score (nSPS) is 15.2. The van der Waals surface area contributed by atoms with E-state index >= 15 is 0 Å². The average molecular weight is 458 g/mol. The minimum Gasteiger partial charge on any atom is -0.484 e. The van der Waals surface area contributed by atoms with E-state index in [0.29, 0.717) is 0 Å². The van der Waals surface area contributed by atoms with Crippen LogP contribution < -0.4 is 20.3 Å². The van der Waals surface area contributed by atoms with E-state index in [0.717, 1.165) is 50.3 Å². The number of nitrogens with one attached hydrogen (secondary N) is 2. The Labute approximate surface area is 173 Å². The summed E-state index contributed by atoms with van der Waals surface area (Å²) in [5.74, 6) is -2.26. The first-order chi connectivity index (χ1) is 14.4. The lowest BCUT2D eigenvalue weighted by atomic mass is 9.96. The lowest BCUT2D eigenvalue weighted by molar-refractivity contribution is -0.154. The Hall–Kier alpha value is -2.86. The van der Waals surface area contributed by atoms with Crippen molar-refractivity contribution in [3.8, 4) is 11.5 Å². The third kappa shape index (κ3) is 9.22. The molecular formula is C18H20F6N2O5. The van der Waals surface area contributed by atoms with Gasteiger partial charge in [-0.1, -0.05) is 19.3 Å². The summed E-state index contributed by atoms with van der Waals surface area (Å²) in [6, 6.07) is 2.36. The summed E-state index contributed by atoms with van der Waals surface area (Å²) in [6.45, 7) is -3.43. The summed E-state index contributed by atoms with van der Waals surface area (Å²) in [4.78, 5) is 28.6. The van der Waals surface area contributed by atoms with E-state index in [4.69, 9.17) is 0 Å². The Kier molecular flexibility index (Phi) is 8.22. The van der Waals surface area contributed by atoms with Crippen molar-refractivity contribution in [3.63, 3.8) is 0 Å². The topological polar surface area (TPSA) is 85.9 Å². The molecule has 0 unspecified atom stereocenters. The standard InChI is InChI=1S/C18H20F6N2O5/c19-17(20,21)9-29-12-6-7-14(30-10-18(22,23)24)13(8-12)15(27)26-31-16(28)25-11-4-2-1-3-5-11/h6-8,11H,1-5,9-10H2,(H,25,28)(H,26,27). The number of benzene rings is 1. The van der Waals surface area contributed by atoms with Gasteiger partial charge in [0, 0.05) is 6.04 Å². The lowest BCUT2D eigenvalue weighted by Crippen LogP contribution is -2.40. The number of hydroxylamine groups is 1. The quantitative estimate of drug-likeness (QED) is 0.491. The van der Waals surface area contributed by atoms with E-state index < -0.39 is 54.6 Å². The molecule has 0 bridgehead atoms. The first-order valence-electron chi connectivity index (χ1n) is 9.24. The van der Waals surface area contributed by atoms with Crippen LogP contribution in [0.3, 0.4) is 0 Å². The molecule has 0 aliphatic heterocycles. The zero-order valence-corrected chi connectivity index (χ0v) is 16.1. The number of hydrogen-bond donors (Lipinski definition) is 2. The van der Waals surface area contributed by atoms with Gasteiger partial charge in [0.2, 0.25) is 0 Å². The van der Waals surface area contributed by atoms with Crippen LogP contribution in [0.5, 0.6) is 11.5 Å². The SMILES string of the molecule is O=C(NC1CCCCC1)ONC(=O)c1cc(OCC(F)(F)F)ccc1OCC(F)(F)F. The van der Waals surface area contributed by atoms with Gasteiger partial charge in [0.1, 0.15) is 11.5 Å². The number of ether oxygens (including phenoxy) is 2. The summed E-state index contributed by atoms with van der Waals surface area (Å²) in [5, 5.41) is 2.53. The number of halogens is 6. The molecule has 1 saturated carbocycles. The Morgan fingerprint density at radius 1 is 0.935 bits per heavy atom. The molecule has 31 heavy (non-hydrogen) atoms. The van der Waals surface area contributed by atoms with Crippen LogP contribution in [-0.4, -0.2) is 43.6 Å². The predicted octanol–water partition coefficient (Wildman–Crippen LogP) is 4.27. The summed E-state index contributed by atoms with van der Waals surface area (Å²) < 4.78 is 83.2. The van der Waals surface area contributed by atoms with Crippen LogP contribution in [0.15, 0.2) is 18.2 Å². The molecule has 1 aliphatic rings. The Bertz CT molecular complexity index is 763. The first-order valence-corrected chi connectivity index (χ1v) is 9.24. The van der Waals surface area contributed by atoms with Crippen LogP contribution in [0.25, 0.3) is 0 Å². The zero-order valence-electron chi connectivity index (χ0n) is 16.1. The van der Waals surface area contributed by atoms with Crippen LogP contribution in [-0.2, 0) is 4.84 Å². The lowest BCUT2D eigenvalue weighted by Gasteiger charge is -2.22. The molecule has 2 N–H and O–H groups in total. The number of amides is 2. The van der Waals surface area contributed by atoms with E-state index in [9.17, 15) is 35.9 Å². The van der Waals surface area contributed by atoms with E-state index in [2.05, 4.69) is 19.6 Å². The minimum absolute atomic E-state index is 0.136. The van der Waals surface area contributed by atoms with Crippen molar-refractivity contribution in [1.82, 2.24) is 10.8 Å². The molecular weight excluding hydrogens is 438 g/mol. The molecule has 0 atom stereocenters. The van der Waals surface area contributed by atoms with Crippen LogP contribution in [0.1, 0.15) is 42.5 Å². The first kappa shape index (κ1) is 24.4. The maximum atomic E-state index is 12.4. The van der Waals surface area contributed by atoms with Gasteiger partial charge in [0.15, 0.2) is 13.2 Å². The van der Waals surface area contributed by atoms with Gasteiger partial charge < -0.3 is 19.6 Å². The number of carbonyl (C=O) groups is 2. The van der Waals surface area contributed by atoms with E-state index in [1.807, 2.05) is 0 Å². The van der Waals surface area contributed by atoms with Crippen molar-refractivity contribution in [2.24, 2.45) is 0 Å². The maximum absolute atomic E-state index is 12.4. The summed E-state index contributed by atoms with van der Waals surface area (Å²) in [6.07, 6.45) is -6.04. The third-order valence-corrected chi connectivity index (χ3v) is 4.15. The maximum Gasteiger partial charge on any atom is 0.431 e. The molecule has 0 saturated heterocycles. The largest absolute Gasteiger partial charge is 0.484 e. The Morgan fingerprint density at radius 2 is 1.55 bits per heavy atom. The Balaban J connectivity index is 2.05. The van der Waals surface area contributed by atoms with E-state index in [1.54, 1.807) is 5.48 Å². The highest BCUT2D eigenvalue weighted by atomic mass is 19.4. The third-order valence-electron chi connectivity index (χ3n) is 4.15. The molecule has 1 aromatic rings. The van der Waals surface area contributed by atoms with Crippen molar-refractivity contribution in [2.45, 2.75) is 50.5 Å². The molecule has 174 valence electrons. The fourth-order valence-corrected chi connectivity index (χ4v) is 2.82. The van der Waals surface area contributed by atoms with Gasteiger partial charge in [-0.3, -0.25) is 4.79 Å². The van der Waals surface area contributed by atoms with Gasteiger partial charge in [0.05, 0.1) is 5.56 Å². The molecule has 0 radical (unpaired) electrons. The number of rotatable bonds is 6. The van der Waals surface area contributed by atoms with Crippen LogP contribution in [0, 0.1) is 0 Å². The number of carbonyl (C=O) groups excluding carboxylic acids is 2. The van der Waals surface area contributed by atoms with Gasteiger partial charge in [-0.05, 0) is 31.0 Å². The molecule has 0 heterocycles. The molecule has 13 heteroatoms. The molecule has 7 nitrogen and oxygen atoms in total. The highest BCUT2D eigenvalue weighted by Crippen LogP contribution is 2.28. The fraction of sp³-hybridized carbons (Fsp3) is 0.556. The van der Waals surface area contributed by atoms with Crippen molar-refractivity contribution in [2.75, 3.05) is 13.2 Å². The predicted molar refractivity (Wildman–Crippen MR) is 93.5 cm³/mol. The second-order valence-electron chi connectivity index (χ2n) is 6.77. The summed E-state index contributed by atoms with van der Waals surface area (Å²) >= 11 is 0. The highest BCUT2D eigenvalue weighted by molar-refractivity contribution is 5.97. The average Bonchev–Trinajstić information content (AvgIpc) is 2.69. The molecule has 1 fully saturated rings. The van der Waals surface area contributed by atoms with Gasteiger partial charge in [-0.15, -0.1) is 0 Å². The highest BCUT2D eigenvalue weighted by Gasteiger charge is 2.31. The van der Waals surface area contributed by atoms with Crippen molar-refractivity contribution < 1.29 is 50.2 Å².